The lowest BCUT2D eigenvalue weighted by Crippen LogP contribution is -2.31. The van der Waals surface area contributed by atoms with Crippen LogP contribution >= 0.6 is 0 Å². The molecule has 2 amide bonds. The van der Waals surface area contributed by atoms with Crippen LogP contribution in [0.25, 0.3) is 0 Å². The topological polar surface area (TPSA) is 135 Å². The van der Waals surface area contributed by atoms with E-state index in [4.69, 9.17) is 11.5 Å². The van der Waals surface area contributed by atoms with Crippen LogP contribution in [0.2, 0.25) is 0 Å². The van der Waals surface area contributed by atoms with Crippen LogP contribution in [0, 0.1) is 0 Å². The largest absolute Gasteiger partial charge is 0.431 e. The predicted molar refractivity (Wildman–Crippen MR) is 128 cm³/mol. The first kappa shape index (κ1) is 25.0. The predicted octanol–water partition coefficient (Wildman–Crippen LogP) is 3.72. The number of alkyl halides is 3. The fourth-order valence-corrected chi connectivity index (χ4v) is 2.96. The van der Waals surface area contributed by atoms with Crippen LogP contribution in [0.4, 0.5) is 24.5 Å². The van der Waals surface area contributed by atoms with Crippen molar-refractivity contribution >= 4 is 34.6 Å². The van der Waals surface area contributed by atoms with Crippen molar-refractivity contribution in [2.75, 3.05) is 11.5 Å². The Kier molecular flexibility index (Phi) is 7.82. The van der Waals surface area contributed by atoms with Gasteiger partial charge in [-0.05, 0) is 29.8 Å². The minimum Gasteiger partial charge on any atom is -0.398 e. The van der Waals surface area contributed by atoms with E-state index >= 15 is 0 Å². The van der Waals surface area contributed by atoms with Crippen molar-refractivity contribution in [3.05, 3.63) is 95.6 Å². The van der Waals surface area contributed by atoms with E-state index in [0.29, 0.717) is 5.56 Å². The molecule has 0 aliphatic rings. The highest BCUT2D eigenvalue weighted by atomic mass is 19.4. The molecule has 0 heterocycles. The maximum atomic E-state index is 13.8. The number of anilines is 2. The van der Waals surface area contributed by atoms with Crippen LogP contribution in [0.5, 0.6) is 0 Å². The van der Waals surface area contributed by atoms with Crippen LogP contribution in [0.3, 0.4) is 0 Å². The second-order valence-electron chi connectivity index (χ2n) is 7.21. The fraction of sp³-hybridized carbons (Fsp3) is 0.0833. The number of carbonyl (C=O) groups is 2. The third-order valence-corrected chi connectivity index (χ3v) is 4.76. The molecule has 0 saturated carbocycles. The summed E-state index contributed by atoms with van der Waals surface area (Å²) in [6.45, 7) is 0. The van der Waals surface area contributed by atoms with E-state index in [2.05, 4.69) is 15.6 Å². The minimum absolute atomic E-state index is 0.0255. The SMILES string of the molecule is Nc1ccccc1C(=O)N/N=C(/C/C(=N/NC(=O)c1ccccc1N)C(F)(F)F)c1ccccc1. The Hall–Kier alpha value is -4.67. The number of nitrogens with zero attached hydrogens (tertiary/aromatic N) is 2. The fourth-order valence-electron chi connectivity index (χ4n) is 2.96. The zero-order valence-corrected chi connectivity index (χ0v) is 18.2. The van der Waals surface area contributed by atoms with E-state index in [9.17, 15) is 22.8 Å². The van der Waals surface area contributed by atoms with E-state index in [1.54, 1.807) is 36.4 Å². The summed E-state index contributed by atoms with van der Waals surface area (Å²) in [5, 5.41) is 7.21. The molecule has 8 nitrogen and oxygen atoms in total. The molecule has 0 aliphatic heterocycles. The molecule has 0 atom stereocenters. The van der Waals surface area contributed by atoms with Gasteiger partial charge in [-0.15, -0.1) is 0 Å². The van der Waals surface area contributed by atoms with Crippen molar-refractivity contribution in [1.29, 1.82) is 0 Å². The molecule has 0 aliphatic carbocycles. The Morgan fingerprint density at radius 3 is 1.66 bits per heavy atom. The number of benzene rings is 3. The molecular weight excluding hydrogens is 461 g/mol. The Morgan fingerprint density at radius 1 is 0.714 bits per heavy atom. The number of hydrogen-bond donors (Lipinski definition) is 4. The van der Waals surface area contributed by atoms with E-state index in [-0.39, 0.29) is 28.2 Å². The number of rotatable bonds is 7. The molecule has 180 valence electrons. The first-order valence-corrected chi connectivity index (χ1v) is 10.2. The lowest BCUT2D eigenvalue weighted by Gasteiger charge is -2.13. The maximum absolute atomic E-state index is 13.8. The monoisotopic (exact) mass is 482 g/mol. The molecule has 0 bridgehead atoms. The molecule has 0 saturated heterocycles. The van der Waals surface area contributed by atoms with Crippen LogP contribution in [0.1, 0.15) is 32.7 Å². The lowest BCUT2D eigenvalue weighted by molar-refractivity contribution is -0.0601. The molecule has 3 aromatic rings. The van der Waals surface area contributed by atoms with Gasteiger partial charge in [-0.2, -0.15) is 23.4 Å². The summed E-state index contributed by atoms with van der Waals surface area (Å²) < 4.78 is 41.3. The summed E-state index contributed by atoms with van der Waals surface area (Å²) >= 11 is 0. The standard InChI is InChI=1S/C24H21F3N6O2/c25-24(26,27)21(31-33-23(35)17-11-5-7-13-19(17)29)14-20(15-8-2-1-3-9-15)30-32-22(34)16-10-4-6-12-18(16)28/h1-13H,14,28-29H2,(H,32,34)(H,33,35)/b30-20-,31-21-. The second kappa shape index (κ2) is 11.0. The van der Waals surface area contributed by atoms with Crippen molar-refractivity contribution < 1.29 is 22.8 Å². The van der Waals surface area contributed by atoms with Gasteiger partial charge >= 0.3 is 6.18 Å². The molecule has 11 heteroatoms. The van der Waals surface area contributed by atoms with E-state index in [1.807, 2.05) is 5.43 Å². The molecular formula is C24H21F3N6O2. The molecule has 0 aromatic heterocycles. The number of nitrogens with two attached hydrogens (primary N) is 2. The summed E-state index contributed by atoms with van der Waals surface area (Å²) in [7, 11) is 0. The zero-order valence-electron chi connectivity index (χ0n) is 18.2. The number of amides is 2. The third kappa shape index (κ3) is 6.67. The Bertz CT molecular complexity index is 1270. The van der Waals surface area contributed by atoms with E-state index in [0.717, 1.165) is 0 Å². The van der Waals surface area contributed by atoms with Gasteiger partial charge in [0.05, 0.1) is 16.8 Å². The average Bonchev–Trinajstić information content (AvgIpc) is 2.83. The van der Waals surface area contributed by atoms with Gasteiger partial charge in [0.2, 0.25) is 0 Å². The normalized spacial score (nSPS) is 12.2. The van der Waals surface area contributed by atoms with Crippen molar-refractivity contribution in [2.45, 2.75) is 12.6 Å². The quantitative estimate of drug-likeness (QED) is 0.232. The lowest BCUT2D eigenvalue weighted by atomic mass is 10.0. The van der Waals surface area contributed by atoms with Crippen molar-refractivity contribution in [3.8, 4) is 0 Å². The van der Waals surface area contributed by atoms with Crippen molar-refractivity contribution in [3.63, 3.8) is 0 Å². The highest BCUT2D eigenvalue weighted by Gasteiger charge is 2.37. The van der Waals surface area contributed by atoms with E-state index < -0.39 is 30.1 Å². The highest BCUT2D eigenvalue weighted by molar-refractivity contribution is 6.14. The van der Waals surface area contributed by atoms with Crippen molar-refractivity contribution in [1.82, 2.24) is 10.9 Å². The maximum Gasteiger partial charge on any atom is 0.431 e. The number of hydrogen-bond acceptors (Lipinski definition) is 6. The van der Waals surface area contributed by atoms with Gasteiger partial charge < -0.3 is 11.5 Å². The number of hydrazone groups is 2. The number of nitrogens with one attached hydrogen (secondary N) is 2. The number of carbonyl (C=O) groups excluding carboxylic acids is 2. The first-order valence-electron chi connectivity index (χ1n) is 10.2. The van der Waals surface area contributed by atoms with Gasteiger partial charge in [-0.1, -0.05) is 54.6 Å². The van der Waals surface area contributed by atoms with Crippen LogP contribution < -0.4 is 22.3 Å². The molecule has 35 heavy (non-hydrogen) atoms. The minimum atomic E-state index is -4.90. The number of para-hydroxylation sites is 2. The smallest absolute Gasteiger partial charge is 0.398 e. The summed E-state index contributed by atoms with van der Waals surface area (Å²) in [6.07, 6.45) is -5.75. The molecule has 0 unspecified atom stereocenters. The average molecular weight is 482 g/mol. The number of halogens is 3. The second-order valence-corrected chi connectivity index (χ2v) is 7.21. The van der Waals surface area contributed by atoms with Gasteiger partial charge in [0.25, 0.3) is 11.8 Å². The third-order valence-electron chi connectivity index (χ3n) is 4.76. The summed E-state index contributed by atoms with van der Waals surface area (Å²) in [6, 6.07) is 20.0. The van der Waals surface area contributed by atoms with Crippen LogP contribution in [-0.4, -0.2) is 29.4 Å². The Labute approximate surface area is 198 Å². The van der Waals surface area contributed by atoms with Crippen molar-refractivity contribution in [2.24, 2.45) is 10.2 Å². The van der Waals surface area contributed by atoms with Gasteiger partial charge in [0.15, 0.2) is 0 Å². The van der Waals surface area contributed by atoms with Crippen LogP contribution in [0.15, 0.2) is 89.1 Å². The van der Waals surface area contributed by atoms with E-state index in [1.165, 1.54) is 42.5 Å². The van der Waals surface area contributed by atoms with Crippen LogP contribution in [-0.2, 0) is 0 Å². The molecule has 6 N–H and O–H groups in total. The first-order chi connectivity index (χ1) is 16.7. The molecule has 3 rings (SSSR count). The summed E-state index contributed by atoms with van der Waals surface area (Å²) in [4.78, 5) is 24.8. The summed E-state index contributed by atoms with van der Waals surface area (Å²) in [5.74, 6) is -1.61. The number of nitrogen functional groups attached to an aromatic ring is 2. The summed E-state index contributed by atoms with van der Waals surface area (Å²) in [5.41, 5.74) is 14.8. The Morgan fingerprint density at radius 2 is 1.17 bits per heavy atom. The molecule has 3 aromatic carbocycles. The van der Waals surface area contributed by atoms with Gasteiger partial charge in [0.1, 0.15) is 5.71 Å². The van der Waals surface area contributed by atoms with Gasteiger partial charge in [-0.25, -0.2) is 10.9 Å². The highest BCUT2D eigenvalue weighted by Crippen LogP contribution is 2.22. The van der Waals surface area contributed by atoms with Gasteiger partial charge in [-0.3, -0.25) is 9.59 Å². The molecule has 0 fully saturated rings. The Balaban J connectivity index is 1.89. The molecule has 0 radical (unpaired) electrons. The molecule has 0 spiro atoms. The van der Waals surface area contributed by atoms with Gasteiger partial charge in [0, 0.05) is 17.8 Å². The zero-order chi connectivity index (χ0) is 25.4.